The monoisotopic (exact) mass is 454 g/mol. The zero-order valence-electron chi connectivity index (χ0n) is 18.3. The molecule has 3 aromatic heterocycles. The van der Waals surface area contributed by atoms with Crippen molar-refractivity contribution in [2.75, 3.05) is 16.0 Å². The number of benzene rings is 1. The minimum atomic E-state index is -0.847. The number of rotatable bonds is 6. The first-order chi connectivity index (χ1) is 16.6. The molecule has 0 saturated heterocycles. The van der Waals surface area contributed by atoms with Crippen LogP contribution in [-0.2, 0) is 12.8 Å². The van der Waals surface area contributed by atoms with E-state index in [2.05, 4.69) is 30.9 Å². The van der Waals surface area contributed by atoms with E-state index in [1.807, 2.05) is 42.5 Å². The summed E-state index contributed by atoms with van der Waals surface area (Å²) in [5, 5.41) is 9.43. The van der Waals surface area contributed by atoms with E-state index in [9.17, 15) is 9.18 Å². The summed E-state index contributed by atoms with van der Waals surface area (Å²) in [6, 6.07) is 16.4. The van der Waals surface area contributed by atoms with Crippen molar-refractivity contribution in [3.05, 3.63) is 96.3 Å². The minimum absolute atomic E-state index is 0.290. The smallest absolute Gasteiger partial charge is 0.274 e. The van der Waals surface area contributed by atoms with Gasteiger partial charge in [0, 0.05) is 53.5 Å². The third-order valence-corrected chi connectivity index (χ3v) is 5.63. The number of nitrogens with one attached hydrogen (secondary N) is 3. The quantitative estimate of drug-likeness (QED) is 0.359. The van der Waals surface area contributed by atoms with Gasteiger partial charge in [0.2, 0.25) is 0 Å². The van der Waals surface area contributed by atoms with Crippen molar-refractivity contribution >= 4 is 34.3 Å². The zero-order valence-corrected chi connectivity index (χ0v) is 18.3. The van der Waals surface area contributed by atoms with Gasteiger partial charge >= 0.3 is 0 Å². The predicted molar refractivity (Wildman–Crippen MR) is 131 cm³/mol. The maximum Gasteiger partial charge on any atom is 0.274 e. The van der Waals surface area contributed by atoms with Crippen LogP contribution in [0.5, 0.6) is 0 Å². The SMILES string of the molecule is O=C(Nc1cccc(Nc2ccncc2)c1)c1ccc(Nc2ccnc3c2CC(F)CC3)cn1. The van der Waals surface area contributed by atoms with E-state index in [0.29, 0.717) is 30.6 Å². The number of halogens is 1. The number of amides is 1. The molecule has 8 heteroatoms. The molecule has 1 aliphatic rings. The largest absolute Gasteiger partial charge is 0.355 e. The van der Waals surface area contributed by atoms with Crippen molar-refractivity contribution in [3.8, 4) is 0 Å². The molecule has 1 aromatic carbocycles. The van der Waals surface area contributed by atoms with Gasteiger partial charge in [-0.15, -0.1) is 0 Å². The van der Waals surface area contributed by atoms with E-state index in [1.165, 1.54) is 0 Å². The lowest BCUT2D eigenvalue weighted by molar-refractivity contribution is 0.102. The second kappa shape index (κ2) is 9.66. The Bertz CT molecular complexity index is 1300. The molecule has 0 fully saturated rings. The maximum atomic E-state index is 13.9. The van der Waals surface area contributed by atoms with Crippen molar-refractivity contribution in [3.63, 3.8) is 0 Å². The number of hydrogen-bond acceptors (Lipinski definition) is 6. The predicted octanol–water partition coefficient (Wildman–Crippen LogP) is 5.44. The van der Waals surface area contributed by atoms with E-state index < -0.39 is 6.17 Å². The molecular weight excluding hydrogens is 431 g/mol. The van der Waals surface area contributed by atoms with Gasteiger partial charge in [0.1, 0.15) is 11.9 Å². The second-order valence-electron chi connectivity index (χ2n) is 8.08. The van der Waals surface area contributed by atoms with Gasteiger partial charge in [-0.3, -0.25) is 14.8 Å². The summed E-state index contributed by atoms with van der Waals surface area (Å²) in [6.45, 7) is 0. The molecule has 0 aliphatic heterocycles. The first-order valence-electron chi connectivity index (χ1n) is 11.1. The summed E-state index contributed by atoms with van der Waals surface area (Å²) in [4.78, 5) is 25.4. The van der Waals surface area contributed by atoms with Gasteiger partial charge in [0.25, 0.3) is 5.91 Å². The van der Waals surface area contributed by atoms with Crippen LogP contribution in [0.2, 0.25) is 0 Å². The molecule has 7 nitrogen and oxygen atoms in total. The third-order valence-electron chi connectivity index (χ3n) is 5.63. The molecule has 1 unspecified atom stereocenters. The zero-order chi connectivity index (χ0) is 23.3. The molecular formula is C26H23FN6O. The standard InChI is InChI=1S/C26H23FN6O/c27-17-4-6-23-22(14-17)24(10-13-29-23)32-21-5-7-25(30-16-21)26(34)33-20-3-1-2-19(15-20)31-18-8-11-28-12-9-18/h1-3,5,7-13,15-17H,4,6,14H2,(H,28,31)(H,29,32)(H,33,34). The highest BCUT2D eigenvalue weighted by Gasteiger charge is 2.21. The number of nitrogens with zero attached hydrogens (tertiary/aromatic N) is 3. The van der Waals surface area contributed by atoms with Crippen molar-refractivity contribution < 1.29 is 9.18 Å². The topological polar surface area (TPSA) is 91.8 Å². The van der Waals surface area contributed by atoms with Gasteiger partial charge in [-0.25, -0.2) is 9.37 Å². The summed E-state index contributed by atoms with van der Waals surface area (Å²) in [5.41, 5.74) is 6.07. The van der Waals surface area contributed by atoms with Crippen LogP contribution in [0.15, 0.2) is 79.4 Å². The molecule has 0 radical (unpaired) electrons. The molecule has 0 spiro atoms. The van der Waals surface area contributed by atoms with Crippen LogP contribution in [0.4, 0.5) is 32.8 Å². The van der Waals surface area contributed by atoms with E-state index in [-0.39, 0.29) is 5.91 Å². The van der Waals surface area contributed by atoms with Crippen LogP contribution in [0, 0.1) is 0 Å². The van der Waals surface area contributed by atoms with Crippen molar-refractivity contribution in [2.24, 2.45) is 0 Å². The Labute approximate surface area is 196 Å². The van der Waals surface area contributed by atoms with Gasteiger partial charge in [0.05, 0.1) is 11.9 Å². The summed E-state index contributed by atoms with van der Waals surface area (Å²) in [7, 11) is 0. The number of carbonyl (C=O) groups excluding carboxylic acids is 1. The molecule has 5 rings (SSSR count). The highest BCUT2D eigenvalue weighted by atomic mass is 19.1. The Morgan fingerprint density at radius 3 is 2.56 bits per heavy atom. The van der Waals surface area contributed by atoms with Crippen LogP contribution >= 0.6 is 0 Å². The average Bonchev–Trinajstić information content (AvgIpc) is 2.86. The number of fused-ring (bicyclic) bond motifs is 1. The summed E-state index contributed by atoms with van der Waals surface area (Å²) in [5.74, 6) is -0.311. The Morgan fingerprint density at radius 2 is 1.74 bits per heavy atom. The normalized spacial score (nSPS) is 14.7. The molecule has 3 heterocycles. The Hall–Kier alpha value is -4.33. The lowest BCUT2D eigenvalue weighted by Crippen LogP contribution is -2.17. The van der Waals surface area contributed by atoms with E-state index >= 15 is 0 Å². The van der Waals surface area contributed by atoms with E-state index in [1.54, 1.807) is 36.9 Å². The molecule has 1 amide bonds. The highest BCUT2D eigenvalue weighted by molar-refractivity contribution is 6.03. The van der Waals surface area contributed by atoms with E-state index in [4.69, 9.17) is 0 Å². The first kappa shape index (κ1) is 21.5. The fraction of sp³-hybridized carbons (Fsp3) is 0.154. The number of pyridine rings is 3. The van der Waals surface area contributed by atoms with Crippen molar-refractivity contribution in [2.45, 2.75) is 25.4 Å². The minimum Gasteiger partial charge on any atom is -0.355 e. The van der Waals surface area contributed by atoms with Gasteiger partial charge < -0.3 is 16.0 Å². The van der Waals surface area contributed by atoms with Crippen molar-refractivity contribution in [1.29, 1.82) is 0 Å². The highest BCUT2D eigenvalue weighted by Crippen LogP contribution is 2.30. The number of carbonyl (C=O) groups is 1. The molecule has 0 bridgehead atoms. The fourth-order valence-corrected chi connectivity index (χ4v) is 3.94. The molecule has 0 saturated carbocycles. The third kappa shape index (κ3) is 5.01. The maximum absolute atomic E-state index is 13.9. The molecule has 4 aromatic rings. The molecule has 1 aliphatic carbocycles. The Kier molecular flexibility index (Phi) is 6.11. The van der Waals surface area contributed by atoms with Crippen molar-refractivity contribution in [1.82, 2.24) is 15.0 Å². The number of aromatic nitrogens is 3. The number of hydrogen-bond donors (Lipinski definition) is 3. The van der Waals surface area contributed by atoms with Gasteiger partial charge in [-0.1, -0.05) is 6.07 Å². The lowest BCUT2D eigenvalue weighted by Gasteiger charge is -2.21. The van der Waals surface area contributed by atoms with Crippen LogP contribution in [0.25, 0.3) is 0 Å². The van der Waals surface area contributed by atoms with Crippen LogP contribution < -0.4 is 16.0 Å². The average molecular weight is 455 g/mol. The van der Waals surface area contributed by atoms with Crippen LogP contribution in [0.3, 0.4) is 0 Å². The molecule has 3 N–H and O–H groups in total. The second-order valence-corrected chi connectivity index (χ2v) is 8.08. The molecule has 1 atom stereocenters. The van der Waals surface area contributed by atoms with Gasteiger partial charge in [-0.2, -0.15) is 0 Å². The summed E-state index contributed by atoms with van der Waals surface area (Å²) < 4.78 is 13.9. The number of anilines is 5. The fourth-order valence-electron chi connectivity index (χ4n) is 3.94. The molecule has 170 valence electrons. The Morgan fingerprint density at radius 1 is 0.882 bits per heavy atom. The lowest BCUT2D eigenvalue weighted by atomic mass is 9.93. The van der Waals surface area contributed by atoms with E-state index in [0.717, 1.165) is 34.0 Å². The first-order valence-corrected chi connectivity index (χ1v) is 11.1. The van der Waals surface area contributed by atoms with Crippen LogP contribution in [-0.4, -0.2) is 27.0 Å². The Balaban J connectivity index is 1.25. The summed E-state index contributed by atoms with van der Waals surface area (Å²) >= 11 is 0. The van der Waals surface area contributed by atoms with Gasteiger partial charge in [-0.05, 0) is 66.9 Å². The number of aryl methyl sites for hydroxylation is 1. The number of alkyl halides is 1. The molecule has 34 heavy (non-hydrogen) atoms. The summed E-state index contributed by atoms with van der Waals surface area (Å²) in [6.07, 6.45) is 7.40. The van der Waals surface area contributed by atoms with Crippen LogP contribution in [0.1, 0.15) is 28.2 Å². The van der Waals surface area contributed by atoms with Gasteiger partial charge in [0.15, 0.2) is 0 Å².